The zero-order valence-corrected chi connectivity index (χ0v) is 14.0. The molecule has 0 aromatic heterocycles. The van der Waals surface area contributed by atoms with Crippen molar-refractivity contribution in [2.24, 2.45) is 0 Å². The lowest BCUT2D eigenvalue weighted by molar-refractivity contribution is -0.142. The maximum absolute atomic E-state index is 12.9. The highest BCUT2D eigenvalue weighted by Gasteiger charge is 2.35. The number of ether oxygens (including phenoxy) is 2. The minimum Gasteiger partial charge on any atom is -0.507 e. The van der Waals surface area contributed by atoms with E-state index < -0.39 is 23.5 Å². The molecule has 1 aliphatic carbocycles. The van der Waals surface area contributed by atoms with Crippen molar-refractivity contribution in [1.29, 1.82) is 0 Å². The van der Waals surface area contributed by atoms with Crippen LogP contribution >= 0.6 is 0 Å². The fraction of sp³-hybridized carbons (Fsp3) is 0.158. The van der Waals surface area contributed by atoms with Crippen molar-refractivity contribution >= 4 is 23.5 Å². The van der Waals surface area contributed by atoms with E-state index >= 15 is 0 Å². The predicted molar refractivity (Wildman–Crippen MR) is 88.2 cm³/mol. The molecular formula is C19H14O7. The van der Waals surface area contributed by atoms with Gasteiger partial charge in [-0.15, -0.1) is 0 Å². The van der Waals surface area contributed by atoms with Crippen molar-refractivity contribution in [2.45, 2.75) is 20.5 Å². The molecule has 7 heteroatoms. The third kappa shape index (κ3) is 2.95. The summed E-state index contributed by atoms with van der Waals surface area (Å²) in [7, 11) is 0. The van der Waals surface area contributed by atoms with E-state index in [1.165, 1.54) is 37.3 Å². The fourth-order valence-corrected chi connectivity index (χ4v) is 2.83. The normalized spacial score (nSPS) is 12.2. The van der Waals surface area contributed by atoms with E-state index in [4.69, 9.17) is 9.47 Å². The molecule has 0 spiro atoms. The van der Waals surface area contributed by atoms with Gasteiger partial charge in [0.25, 0.3) is 0 Å². The summed E-state index contributed by atoms with van der Waals surface area (Å²) in [6.07, 6.45) is 0. The van der Waals surface area contributed by atoms with Gasteiger partial charge in [-0.2, -0.15) is 0 Å². The van der Waals surface area contributed by atoms with E-state index in [2.05, 4.69) is 0 Å². The number of aromatic hydroxyl groups is 1. The van der Waals surface area contributed by atoms with Gasteiger partial charge in [0, 0.05) is 25.0 Å². The third-order valence-electron chi connectivity index (χ3n) is 3.84. The topological polar surface area (TPSA) is 107 Å². The summed E-state index contributed by atoms with van der Waals surface area (Å²) in [5.74, 6) is -2.77. The molecule has 0 aliphatic heterocycles. The molecular weight excluding hydrogens is 340 g/mol. The van der Waals surface area contributed by atoms with Gasteiger partial charge in [-0.3, -0.25) is 19.2 Å². The Morgan fingerprint density at radius 2 is 1.69 bits per heavy atom. The number of carbonyl (C=O) groups is 4. The van der Waals surface area contributed by atoms with Gasteiger partial charge in [0.15, 0.2) is 5.78 Å². The summed E-state index contributed by atoms with van der Waals surface area (Å²) in [5, 5.41) is 10.0. The second kappa shape index (κ2) is 6.44. The molecule has 0 unspecified atom stereocenters. The summed E-state index contributed by atoms with van der Waals surface area (Å²) in [5.41, 5.74) is 0.228. The zero-order valence-electron chi connectivity index (χ0n) is 14.0. The number of hydrogen-bond acceptors (Lipinski definition) is 7. The van der Waals surface area contributed by atoms with E-state index in [-0.39, 0.29) is 40.4 Å². The first-order valence-electron chi connectivity index (χ1n) is 7.69. The molecule has 0 radical (unpaired) electrons. The SMILES string of the molecule is CC(=O)OCc1cc(OC(C)=O)c2c(c1)C(=O)c1cccc(O)c1C2=O. The van der Waals surface area contributed by atoms with Crippen molar-refractivity contribution in [2.75, 3.05) is 0 Å². The third-order valence-corrected chi connectivity index (χ3v) is 3.84. The number of ketones is 2. The van der Waals surface area contributed by atoms with Gasteiger partial charge in [0.1, 0.15) is 18.1 Å². The summed E-state index contributed by atoms with van der Waals surface area (Å²) >= 11 is 0. The first-order valence-corrected chi connectivity index (χ1v) is 7.69. The molecule has 0 amide bonds. The molecule has 1 aliphatic rings. The number of fused-ring (bicyclic) bond motifs is 2. The minimum absolute atomic E-state index is 0.0222. The lowest BCUT2D eigenvalue weighted by Crippen LogP contribution is -2.23. The largest absolute Gasteiger partial charge is 0.507 e. The summed E-state index contributed by atoms with van der Waals surface area (Å²) in [6.45, 7) is 2.25. The van der Waals surface area contributed by atoms with Crippen LogP contribution in [-0.2, 0) is 20.9 Å². The van der Waals surface area contributed by atoms with Gasteiger partial charge in [0.05, 0.1) is 11.1 Å². The standard InChI is InChI=1S/C19H14O7/c1-9(20)25-8-11-6-13-17(15(7-11)26-10(2)21)19(24)16-12(18(13)23)4-3-5-14(16)22/h3-7,22H,8H2,1-2H3. The van der Waals surface area contributed by atoms with E-state index in [9.17, 15) is 24.3 Å². The van der Waals surface area contributed by atoms with Gasteiger partial charge < -0.3 is 14.6 Å². The molecule has 132 valence electrons. The number of hydrogen-bond donors (Lipinski definition) is 1. The molecule has 0 saturated heterocycles. The van der Waals surface area contributed by atoms with Gasteiger partial charge in [-0.1, -0.05) is 12.1 Å². The average molecular weight is 354 g/mol. The second-order valence-electron chi connectivity index (χ2n) is 5.75. The van der Waals surface area contributed by atoms with Gasteiger partial charge in [-0.25, -0.2) is 0 Å². The van der Waals surface area contributed by atoms with Crippen molar-refractivity contribution in [1.82, 2.24) is 0 Å². The Bertz CT molecular complexity index is 972. The number of phenolic OH excluding ortho intramolecular Hbond substituents is 1. The summed E-state index contributed by atoms with van der Waals surface area (Å²) in [6, 6.07) is 6.97. The maximum Gasteiger partial charge on any atom is 0.308 e. The van der Waals surface area contributed by atoms with Crippen LogP contribution in [0.15, 0.2) is 30.3 Å². The van der Waals surface area contributed by atoms with Crippen molar-refractivity contribution in [3.05, 3.63) is 58.1 Å². The monoisotopic (exact) mass is 354 g/mol. The number of carbonyl (C=O) groups excluding carboxylic acids is 4. The highest BCUT2D eigenvalue weighted by atomic mass is 16.5. The Morgan fingerprint density at radius 1 is 0.962 bits per heavy atom. The lowest BCUT2D eigenvalue weighted by atomic mass is 9.82. The van der Waals surface area contributed by atoms with E-state index in [0.717, 1.165) is 6.92 Å². The fourth-order valence-electron chi connectivity index (χ4n) is 2.83. The first kappa shape index (κ1) is 17.3. The van der Waals surface area contributed by atoms with Crippen LogP contribution in [0.5, 0.6) is 11.5 Å². The van der Waals surface area contributed by atoms with Gasteiger partial charge >= 0.3 is 11.9 Å². The molecule has 7 nitrogen and oxygen atoms in total. The molecule has 0 heterocycles. The number of esters is 2. The molecule has 3 rings (SSSR count). The Hall–Kier alpha value is -3.48. The van der Waals surface area contributed by atoms with E-state index in [0.29, 0.717) is 5.56 Å². The van der Waals surface area contributed by atoms with Crippen molar-refractivity contribution < 1.29 is 33.8 Å². The number of rotatable bonds is 3. The zero-order chi connectivity index (χ0) is 19.0. The molecule has 0 saturated carbocycles. The molecule has 0 fully saturated rings. The molecule has 26 heavy (non-hydrogen) atoms. The quantitative estimate of drug-likeness (QED) is 0.567. The Kier molecular flexibility index (Phi) is 4.29. The van der Waals surface area contributed by atoms with Crippen LogP contribution in [0.1, 0.15) is 51.3 Å². The van der Waals surface area contributed by atoms with E-state index in [1.54, 1.807) is 0 Å². The van der Waals surface area contributed by atoms with Crippen LogP contribution in [0.2, 0.25) is 0 Å². The van der Waals surface area contributed by atoms with Crippen molar-refractivity contribution in [3.63, 3.8) is 0 Å². The van der Waals surface area contributed by atoms with Gasteiger partial charge in [0.2, 0.25) is 5.78 Å². The highest BCUT2D eigenvalue weighted by Crippen LogP contribution is 2.37. The molecule has 0 atom stereocenters. The minimum atomic E-state index is -0.680. The highest BCUT2D eigenvalue weighted by molar-refractivity contribution is 6.30. The lowest BCUT2D eigenvalue weighted by Gasteiger charge is -2.21. The van der Waals surface area contributed by atoms with Crippen molar-refractivity contribution in [3.8, 4) is 11.5 Å². The smallest absolute Gasteiger partial charge is 0.308 e. The van der Waals surface area contributed by atoms with Crippen LogP contribution in [0.4, 0.5) is 0 Å². The summed E-state index contributed by atoms with van der Waals surface area (Å²) < 4.78 is 10.0. The van der Waals surface area contributed by atoms with E-state index in [1.807, 2.05) is 0 Å². The summed E-state index contributed by atoms with van der Waals surface area (Å²) in [4.78, 5) is 48.1. The number of benzene rings is 2. The average Bonchev–Trinajstić information content (AvgIpc) is 2.56. The maximum atomic E-state index is 12.9. The van der Waals surface area contributed by atoms with Crippen LogP contribution in [-0.4, -0.2) is 28.6 Å². The van der Waals surface area contributed by atoms with Gasteiger partial charge in [-0.05, 0) is 23.8 Å². The van der Waals surface area contributed by atoms with Crippen LogP contribution in [0, 0.1) is 0 Å². The molecule has 1 N–H and O–H groups in total. The number of phenols is 1. The first-order chi connectivity index (χ1) is 12.3. The Labute approximate surface area is 148 Å². The second-order valence-corrected chi connectivity index (χ2v) is 5.75. The Morgan fingerprint density at radius 3 is 2.35 bits per heavy atom. The van der Waals surface area contributed by atoms with Crippen LogP contribution in [0.3, 0.4) is 0 Å². The predicted octanol–water partition coefficient (Wildman–Crippen LogP) is 2.16. The van der Waals surface area contributed by atoms with Crippen LogP contribution < -0.4 is 4.74 Å². The van der Waals surface area contributed by atoms with Crippen LogP contribution in [0.25, 0.3) is 0 Å². The Balaban J connectivity index is 2.21. The molecule has 2 aromatic carbocycles. The molecule has 0 bridgehead atoms. The molecule has 2 aromatic rings.